The molecule has 0 radical (unpaired) electrons. The van der Waals surface area contributed by atoms with Crippen molar-refractivity contribution in [2.75, 3.05) is 19.0 Å². The number of nitrogens with zero attached hydrogens (tertiary/aromatic N) is 2. The number of anilines is 1. The second-order valence-electron chi connectivity index (χ2n) is 10.1. The Morgan fingerprint density at radius 3 is 2.14 bits per heavy atom. The maximum absolute atomic E-state index is 13.5. The molecular weight excluding hydrogens is 449 g/mol. The molecule has 0 saturated carbocycles. The maximum Gasteiger partial charge on any atom is 0.454 e. The monoisotopic (exact) mass is 479 g/mol. The van der Waals surface area contributed by atoms with Crippen molar-refractivity contribution in [3.8, 4) is 0 Å². The SMILES string of the molecule is CN1\C(=C/C=C(/C=C/C2=[N+](C)c3ccccc3C2(C)C)C(=O)C(F)(F)F)C(C)(C)c2ccccc21. The molecule has 0 N–H and O–H groups in total. The standard InChI is InChI=1S/C29H30F3N2O/c1-27(2)20-11-7-9-13-22(20)33(5)24(27)17-15-19(26(35)29(30,31)32)16-18-25-28(3,4)21-12-8-10-14-23(21)34(25)6/h7-18H,1-6H3/q+1. The Labute approximate surface area is 204 Å². The van der Waals surface area contributed by atoms with Crippen molar-refractivity contribution in [2.45, 2.75) is 44.7 Å². The molecule has 0 atom stereocenters. The third-order valence-electron chi connectivity index (χ3n) is 7.24. The Bertz CT molecular complexity index is 1320. The number of para-hydroxylation sites is 2. The highest BCUT2D eigenvalue weighted by Gasteiger charge is 2.44. The van der Waals surface area contributed by atoms with Gasteiger partial charge in [0.25, 0.3) is 5.78 Å². The van der Waals surface area contributed by atoms with Gasteiger partial charge in [0, 0.05) is 47.1 Å². The van der Waals surface area contributed by atoms with Crippen molar-refractivity contribution < 1.29 is 22.5 Å². The lowest BCUT2D eigenvalue weighted by atomic mass is 9.81. The minimum absolute atomic E-state index is 0.405. The number of ketones is 1. The highest BCUT2D eigenvalue weighted by Crippen LogP contribution is 2.46. The van der Waals surface area contributed by atoms with Gasteiger partial charge in [0.05, 0.1) is 5.41 Å². The van der Waals surface area contributed by atoms with E-state index >= 15 is 0 Å². The smallest absolute Gasteiger partial charge is 0.347 e. The van der Waals surface area contributed by atoms with Crippen LogP contribution in [0.5, 0.6) is 0 Å². The van der Waals surface area contributed by atoms with Crippen LogP contribution in [0.2, 0.25) is 0 Å². The van der Waals surface area contributed by atoms with Crippen LogP contribution in [0.3, 0.4) is 0 Å². The van der Waals surface area contributed by atoms with Crippen LogP contribution >= 0.6 is 0 Å². The van der Waals surface area contributed by atoms with E-state index in [9.17, 15) is 18.0 Å². The van der Waals surface area contributed by atoms with Crippen LogP contribution in [0.25, 0.3) is 0 Å². The van der Waals surface area contributed by atoms with Crippen LogP contribution in [-0.2, 0) is 15.6 Å². The number of carbonyl (C=O) groups excluding carboxylic acids is 1. The van der Waals surface area contributed by atoms with Gasteiger partial charge in [0.1, 0.15) is 7.05 Å². The molecule has 35 heavy (non-hydrogen) atoms. The van der Waals surface area contributed by atoms with Crippen molar-refractivity contribution >= 4 is 22.9 Å². The number of halogens is 3. The first-order valence-corrected chi connectivity index (χ1v) is 11.5. The molecule has 0 fully saturated rings. The predicted octanol–water partition coefficient (Wildman–Crippen LogP) is 6.62. The molecular formula is C29H30F3N2O+. The normalized spacial score (nSPS) is 20.1. The first-order valence-electron chi connectivity index (χ1n) is 11.5. The van der Waals surface area contributed by atoms with Crippen molar-refractivity contribution in [3.05, 3.63) is 95.2 Å². The summed E-state index contributed by atoms with van der Waals surface area (Å²) in [5.74, 6) is -1.86. The van der Waals surface area contributed by atoms with Crippen molar-refractivity contribution in [1.29, 1.82) is 0 Å². The first-order chi connectivity index (χ1) is 16.3. The van der Waals surface area contributed by atoms with E-state index in [2.05, 4.69) is 0 Å². The molecule has 3 nitrogen and oxygen atoms in total. The first kappa shape index (κ1) is 24.7. The molecule has 2 heterocycles. The van der Waals surface area contributed by atoms with Crippen molar-refractivity contribution in [2.24, 2.45) is 0 Å². The van der Waals surface area contributed by atoms with Gasteiger partial charge >= 0.3 is 6.18 Å². The van der Waals surface area contributed by atoms with Crippen LogP contribution in [0, 0.1) is 0 Å². The molecule has 4 rings (SSSR count). The summed E-state index contributed by atoms with van der Waals surface area (Å²) in [6.45, 7) is 8.11. The molecule has 182 valence electrons. The van der Waals surface area contributed by atoms with E-state index in [1.54, 1.807) is 12.2 Å². The fourth-order valence-corrected chi connectivity index (χ4v) is 5.31. The van der Waals surface area contributed by atoms with E-state index in [0.29, 0.717) is 0 Å². The molecule has 2 aromatic carbocycles. The van der Waals surface area contributed by atoms with Gasteiger partial charge in [-0.3, -0.25) is 4.79 Å². The number of alkyl halides is 3. The number of allylic oxidation sites excluding steroid dienone is 6. The third kappa shape index (κ3) is 4.05. The molecule has 0 aliphatic carbocycles. The van der Waals surface area contributed by atoms with Gasteiger partial charge in [0.15, 0.2) is 5.71 Å². The summed E-state index contributed by atoms with van der Waals surface area (Å²) in [6, 6.07) is 15.8. The number of carbonyl (C=O) groups is 1. The highest BCUT2D eigenvalue weighted by atomic mass is 19.4. The van der Waals surface area contributed by atoms with Crippen LogP contribution in [0.1, 0.15) is 38.8 Å². The highest BCUT2D eigenvalue weighted by molar-refractivity contribution is 6.07. The lowest BCUT2D eigenvalue weighted by Gasteiger charge is -2.23. The second kappa shape index (κ2) is 8.36. The average molecular weight is 480 g/mol. The quantitative estimate of drug-likeness (QED) is 0.280. The van der Waals surface area contributed by atoms with Crippen LogP contribution in [0.4, 0.5) is 24.5 Å². The number of rotatable bonds is 4. The molecule has 6 heteroatoms. The van der Waals surface area contributed by atoms with Gasteiger partial charge < -0.3 is 4.90 Å². The van der Waals surface area contributed by atoms with E-state index < -0.39 is 28.4 Å². The zero-order chi connectivity index (χ0) is 25.8. The van der Waals surface area contributed by atoms with Gasteiger partial charge in [0.2, 0.25) is 5.69 Å². The molecule has 2 aliphatic rings. The summed E-state index contributed by atoms with van der Waals surface area (Å²) in [4.78, 5) is 14.3. The Hall–Kier alpha value is -3.41. The van der Waals surface area contributed by atoms with Gasteiger partial charge in [-0.2, -0.15) is 17.7 Å². The third-order valence-corrected chi connectivity index (χ3v) is 7.24. The van der Waals surface area contributed by atoms with Gasteiger partial charge in [-0.05, 0) is 43.7 Å². The van der Waals surface area contributed by atoms with Crippen molar-refractivity contribution in [1.82, 2.24) is 0 Å². The largest absolute Gasteiger partial charge is 0.454 e. The molecule has 2 aliphatic heterocycles. The Morgan fingerprint density at radius 1 is 0.943 bits per heavy atom. The summed E-state index contributed by atoms with van der Waals surface area (Å²) in [6.07, 6.45) is 0.876. The lowest BCUT2D eigenvalue weighted by Crippen LogP contribution is -2.27. The fraction of sp³-hybridized carbons (Fsp3) is 0.310. The summed E-state index contributed by atoms with van der Waals surface area (Å²) in [7, 11) is 3.77. The molecule has 0 spiro atoms. The van der Waals surface area contributed by atoms with Gasteiger partial charge in [-0.1, -0.05) is 50.2 Å². The fourth-order valence-electron chi connectivity index (χ4n) is 5.31. The molecule has 0 saturated heterocycles. The van der Waals surface area contributed by atoms with Gasteiger partial charge in [-0.25, -0.2) is 0 Å². The zero-order valence-corrected chi connectivity index (χ0v) is 20.9. The van der Waals surface area contributed by atoms with E-state index in [0.717, 1.165) is 33.9 Å². The number of Topliss-reactive ketones (excluding diaryl/α,β-unsaturated/α-hetero) is 1. The van der Waals surface area contributed by atoms with E-state index in [-0.39, 0.29) is 0 Å². The number of hydrogen-bond donors (Lipinski definition) is 0. The second-order valence-corrected chi connectivity index (χ2v) is 10.1. The Balaban J connectivity index is 1.77. The number of likely N-dealkylation sites (N-methyl/N-ethyl adjacent to an activating group) is 1. The maximum atomic E-state index is 13.5. The minimum Gasteiger partial charge on any atom is -0.347 e. The van der Waals surface area contributed by atoms with E-state index in [1.807, 2.05) is 99.8 Å². The molecule has 0 unspecified atom stereocenters. The lowest BCUT2D eigenvalue weighted by molar-refractivity contribution is -0.401. The minimum atomic E-state index is -4.97. The molecule has 2 aromatic rings. The molecule has 0 amide bonds. The summed E-state index contributed by atoms with van der Waals surface area (Å²) in [5.41, 5.74) is 4.57. The Morgan fingerprint density at radius 2 is 1.54 bits per heavy atom. The number of hydrogen-bond acceptors (Lipinski definition) is 2. The average Bonchev–Trinajstić information content (AvgIpc) is 3.12. The van der Waals surface area contributed by atoms with Gasteiger partial charge in [-0.15, -0.1) is 0 Å². The molecule has 0 bridgehead atoms. The van der Waals surface area contributed by atoms with E-state index in [4.69, 9.17) is 0 Å². The van der Waals surface area contributed by atoms with Crippen LogP contribution < -0.4 is 4.90 Å². The summed E-state index contributed by atoms with van der Waals surface area (Å²) < 4.78 is 42.5. The summed E-state index contributed by atoms with van der Waals surface area (Å²) in [5, 5.41) is 0. The number of benzene rings is 2. The topological polar surface area (TPSA) is 23.3 Å². The summed E-state index contributed by atoms with van der Waals surface area (Å²) >= 11 is 0. The van der Waals surface area contributed by atoms with Crippen LogP contribution in [-0.4, -0.2) is 36.3 Å². The Kier molecular flexibility index (Phi) is 5.90. The van der Waals surface area contributed by atoms with Crippen molar-refractivity contribution in [3.63, 3.8) is 0 Å². The zero-order valence-electron chi connectivity index (χ0n) is 20.9. The number of fused-ring (bicyclic) bond motifs is 2. The van der Waals surface area contributed by atoms with E-state index in [1.165, 1.54) is 12.2 Å². The predicted molar refractivity (Wildman–Crippen MR) is 135 cm³/mol. The molecule has 0 aromatic heterocycles. The van der Waals surface area contributed by atoms with Crippen LogP contribution in [0.15, 0.2) is 84.1 Å².